The molecule has 0 saturated carbocycles. The van der Waals surface area contributed by atoms with Crippen LogP contribution >= 0.6 is 15.9 Å². The van der Waals surface area contributed by atoms with Gasteiger partial charge in [0.05, 0.1) is 6.61 Å². The van der Waals surface area contributed by atoms with E-state index in [9.17, 15) is 4.79 Å². The lowest BCUT2D eigenvalue weighted by Gasteiger charge is -1.99. The molecule has 2 aromatic rings. The van der Waals surface area contributed by atoms with Crippen molar-refractivity contribution in [2.75, 3.05) is 6.61 Å². The summed E-state index contributed by atoms with van der Waals surface area (Å²) in [5.41, 5.74) is 1.55. The molecule has 0 fully saturated rings. The number of hydrogen-bond acceptors (Lipinski definition) is 3. The summed E-state index contributed by atoms with van der Waals surface area (Å²) in [6.07, 6.45) is 0. The van der Waals surface area contributed by atoms with E-state index in [1.807, 2.05) is 24.3 Å². The number of fused-ring (bicyclic) bond motifs is 1. The maximum absolute atomic E-state index is 11.7. The molecule has 0 radical (unpaired) electrons. The zero-order valence-electron chi connectivity index (χ0n) is 8.83. The number of furan rings is 1. The van der Waals surface area contributed by atoms with Crippen molar-refractivity contribution in [3.05, 3.63) is 35.6 Å². The second kappa shape index (κ2) is 4.70. The Morgan fingerprint density at radius 2 is 2.19 bits per heavy atom. The molecule has 0 amide bonds. The highest BCUT2D eigenvalue weighted by Crippen LogP contribution is 2.28. The second-order valence-electron chi connectivity index (χ2n) is 3.26. The molecular weight excluding hydrogens is 272 g/mol. The molecule has 16 heavy (non-hydrogen) atoms. The number of halogens is 1. The van der Waals surface area contributed by atoms with Crippen molar-refractivity contribution in [1.29, 1.82) is 0 Å². The quantitative estimate of drug-likeness (QED) is 0.639. The Labute approximate surface area is 102 Å². The summed E-state index contributed by atoms with van der Waals surface area (Å²) in [5.74, 6) is -0.118. The van der Waals surface area contributed by atoms with Crippen molar-refractivity contribution < 1.29 is 13.9 Å². The topological polar surface area (TPSA) is 39.4 Å². The fourth-order valence-electron chi connectivity index (χ4n) is 1.59. The van der Waals surface area contributed by atoms with Gasteiger partial charge in [0.25, 0.3) is 0 Å². The van der Waals surface area contributed by atoms with E-state index in [4.69, 9.17) is 9.15 Å². The summed E-state index contributed by atoms with van der Waals surface area (Å²) >= 11 is 3.36. The average Bonchev–Trinajstić information content (AvgIpc) is 2.67. The van der Waals surface area contributed by atoms with E-state index in [-0.39, 0.29) is 0 Å². The van der Waals surface area contributed by atoms with E-state index in [1.165, 1.54) is 0 Å². The van der Waals surface area contributed by atoms with E-state index in [0.717, 1.165) is 10.9 Å². The van der Waals surface area contributed by atoms with Crippen molar-refractivity contribution in [3.63, 3.8) is 0 Å². The minimum Gasteiger partial charge on any atom is -0.460 e. The highest BCUT2D eigenvalue weighted by molar-refractivity contribution is 9.08. The van der Waals surface area contributed by atoms with Crippen LogP contribution in [0.5, 0.6) is 0 Å². The molecule has 2 rings (SSSR count). The third kappa shape index (κ3) is 1.85. The largest absolute Gasteiger partial charge is 0.460 e. The van der Waals surface area contributed by atoms with Crippen molar-refractivity contribution in [1.82, 2.24) is 0 Å². The van der Waals surface area contributed by atoms with Gasteiger partial charge in [-0.05, 0) is 13.0 Å². The Hall–Kier alpha value is -1.29. The summed E-state index contributed by atoms with van der Waals surface area (Å²) in [4.78, 5) is 11.7. The molecule has 0 saturated heterocycles. The molecule has 0 bridgehead atoms. The van der Waals surface area contributed by atoms with E-state index < -0.39 is 5.97 Å². The van der Waals surface area contributed by atoms with Gasteiger partial charge in [0.15, 0.2) is 0 Å². The Balaban J connectivity index is 2.56. The lowest BCUT2D eigenvalue weighted by Crippen LogP contribution is -2.05. The number of esters is 1. The summed E-state index contributed by atoms with van der Waals surface area (Å²) in [6.45, 7) is 2.12. The molecule has 4 heteroatoms. The number of alkyl halides is 1. The molecule has 0 aliphatic carbocycles. The summed E-state index contributed by atoms with van der Waals surface area (Å²) in [5, 5.41) is 1.51. The molecule has 0 aliphatic heterocycles. The number of rotatable bonds is 3. The SMILES string of the molecule is CCOC(=O)c1oc2ccccc2c1CBr. The Morgan fingerprint density at radius 3 is 2.88 bits per heavy atom. The van der Waals surface area contributed by atoms with Gasteiger partial charge in [-0.3, -0.25) is 0 Å². The lowest BCUT2D eigenvalue weighted by atomic mass is 10.1. The zero-order chi connectivity index (χ0) is 11.5. The standard InChI is InChI=1S/C12H11BrO3/c1-2-15-12(14)11-9(7-13)8-5-3-4-6-10(8)16-11/h3-6H,2,7H2,1H3. The third-order valence-electron chi connectivity index (χ3n) is 2.29. The van der Waals surface area contributed by atoms with Gasteiger partial charge in [-0.25, -0.2) is 4.79 Å². The Kier molecular flexibility index (Phi) is 3.29. The van der Waals surface area contributed by atoms with Crippen LogP contribution in [0.25, 0.3) is 11.0 Å². The third-order valence-corrected chi connectivity index (χ3v) is 2.85. The van der Waals surface area contributed by atoms with Crippen LogP contribution in [0.3, 0.4) is 0 Å². The number of benzene rings is 1. The Bertz CT molecular complexity index is 516. The molecule has 3 nitrogen and oxygen atoms in total. The molecule has 1 aromatic carbocycles. The average molecular weight is 283 g/mol. The van der Waals surface area contributed by atoms with Crippen LogP contribution < -0.4 is 0 Å². The number of ether oxygens (including phenoxy) is 1. The van der Waals surface area contributed by atoms with Crippen molar-refractivity contribution in [2.45, 2.75) is 12.3 Å². The molecule has 0 unspecified atom stereocenters. The predicted octanol–water partition coefficient (Wildman–Crippen LogP) is 3.50. The molecule has 0 N–H and O–H groups in total. The van der Waals surface area contributed by atoms with Gasteiger partial charge in [0.2, 0.25) is 5.76 Å². The van der Waals surface area contributed by atoms with Crippen LogP contribution in [-0.4, -0.2) is 12.6 Å². The van der Waals surface area contributed by atoms with Crippen LogP contribution in [0.4, 0.5) is 0 Å². The zero-order valence-corrected chi connectivity index (χ0v) is 10.4. The highest BCUT2D eigenvalue weighted by Gasteiger charge is 2.20. The van der Waals surface area contributed by atoms with Gasteiger partial charge in [-0.15, -0.1) is 0 Å². The van der Waals surface area contributed by atoms with Crippen LogP contribution in [0.1, 0.15) is 23.0 Å². The first-order valence-corrected chi connectivity index (χ1v) is 6.13. The second-order valence-corrected chi connectivity index (χ2v) is 3.82. The first-order chi connectivity index (χ1) is 7.77. The van der Waals surface area contributed by atoms with Crippen molar-refractivity contribution in [2.24, 2.45) is 0 Å². The van der Waals surface area contributed by atoms with E-state index in [0.29, 0.717) is 23.3 Å². The van der Waals surface area contributed by atoms with E-state index in [2.05, 4.69) is 15.9 Å². The number of para-hydroxylation sites is 1. The van der Waals surface area contributed by atoms with E-state index >= 15 is 0 Å². The van der Waals surface area contributed by atoms with Gasteiger partial charge in [0.1, 0.15) is 5.58 Å². The minimum atomic E-state index is -0.409. The number of carbonyl (C=O) groups excluding carboxylic acids is 1. The lowest BCUT2D eigenvalue weighted by molar-refractivity contribution is 0.0491. The first kappa shape index (κ1) is 11.2. The predicted molar refractivity (Wildman–Crippen MR) is 64.8 cm³/mol. The summed E-state index contributed by atoms with van der Waals surface area (Å²) < 4.78 is 10.4. The Morgan fingerprint density at radius 1 is 1.44 bits per heavy atom. The van der Waals surface area contributed by atoms with Crippen molar-refractivity contribution in [3.8, 4) is 0 Å². The van der Waals surface area contributed by atoms with Gasteiger partial charge >= 0.3 is 5.97 Å². The summed E-state index contributed by atoms with van der Waals surface area (Å²) in [7, 11) is 0. The highest BCUT2D eigenvalue weighted by atomic mass is 79.9. The maximum atomic E-state index is 11.7. The van der Waals surface area contributed by atoms with Crippen LogP contribution in [0.2, 0.25) is 0 Å². The maximum Gasteiger partial charge on any atom is 0.374 e. The normalized spacial score (nSPS) is 10.6. The van der Waals surface area contributed by atoms with Crippen LogP contribution in [0.15, 0.2) is 28.7 Å². The molecule has 0 aliphatic rings. The smallest absolute Gasteiger partial charge is 0.374 e. The fourth-order valence-corrected chi connectivity index (χ4v) is 2.15. The molecule has 1 heterocycles. The van der Waals surface area contributed by atoms with Gasteiger partial charge in [-0.2, -0.15) is 0 Å². The van der Waals surface area contributed by atoms with Gasteiger partial charge in [-0.1, -0.05) is 34.1 Å². The first-order valence-electron chi connectivity index (χ1n) is 5.01. The van der Waals surface area contributed by atoms with E-state index in [1.54, 1.807) is 6.92 Å². The number of carbonyl (C=O) groups is 1. The van der Waals surface area contributed by atoms with Crippen LogP contribution in [0, 0.1) is 0 Å². The summed E-state index contributed by atoms with van der Waals surface area (Å²) in [6, 6.07) is 7.56. The van der Waals surface area contributed by atoms with Crippen molar-refractivity contribution >= 4 is 32.9 Å². The van der Waals surface area contributed by atoms with Crippen LogP contribution in [-0.2, 0) is 10.1 Å². The van der Waals surface area contributed by atoms with Gasteiger partial charge in [0, 0.05) is 16.3 Å². The molecule has 84 valence electrons. The monoisotopic (exact) mass is 282 g/mol. The number of hydrogen-bond donors (Lipinski definition) is 0. The van der Waals surface area contributed by atoms with Gasteiger partial charge < -0.3 is 9.15 Å². The fraction of sp³-hybridized carbons (Fsp3) is 0.250. The molecule has 1 aromatic heterocycles. The molecular formula is C12H11BrO3. The minimum absolute atomic E-state index is 0.292. The molecule has 0 spiro atoms. The molecule has 0 atom stereocenters.